The van der Waals surface area contributed by atoms with E-state index in [1.165, 1.54) is 11.3 Å². The van der Waals surface area contributed by atoms with Gasteiger partial charge in [0.1, 0.15) is 11.1 Å². The van der Waals surface area contributed by atoms with E-state index in [1.807, 2.05) is 5.38 Å². The summed E-state index contributed by atoms with van der Waals surface area (Å²) in [7, 11) is 0. The van der Waals surface area contributed by atoms with E-state index in [-0.39, 0.29) is 6.04 Å². The highest BCUT2D eigenvalue weighted by Crippen LogP contribution is 2.23. The molecular formula is C11H20N2OS. The van der Waals surface area contributed by atoms with Crippen LogP contribution < -0.4 is 5.73 Å². The third kappa shape index (κ3) is 3.55. The number of rotatable bonds is 5. The molecule has 0 saturated carbocycles. The summed E-state index contributed by atoms with van der Waals surface area (Å²) in [5.41, 5.74) is 6.96. The molecule has 0 aliphatic rings. The number of nitrogens with zero attached hydrogens (tertiary/aromatic N) is 1. The highest BCUT2D eigenvalue weighted by molar-refractivity contribution is 7.09. The van der Waals surface area contributed by atoms with Crippen LogP contribution in [0.5, 0.6) is 0 Å². The Bertz CT molecular complexity index is 299. The van der Waals surface area contributed by atoms with Crippen LogP contribution >= 0.6 is 11.3 Å². The fraction of sp³-hybridized carbons (Fsp3) is 0.727. The number of hydrogen-bond acceptors (Lipinski definition) is 4. The van der Waals surface area contributed by atoms with Gasteiger partial charge in [0.05, 0.1) is 5.69 Å². The average Bonchev–Trinajstić information content (AvgIpc) is 2.65. The molecule has 0 aromatic carbocycles. The molecule has 0 bridgehead atoms. The van der Waals surface area contributed by atoms with Gasteiger partial charge in [-0.25, -0.2) is 4.98 Å². The normalized spacial score (nSPS) is 15.6. The first-order chi connectivity index (χ1) is 7.04. The maximum atomic E-state index is 9.92. The number of hydrogen-bond donors (Lipinski definition) is 2. The van der Waals surface area contributed by atoms with Gasteiger partial charge in [-0.05, 0) is 18.8 Å². The van der Waals surface area contributed by atoms with Crippen molar-refractivity contribution in [3.63, 3.8) is 0 Å². The number of aromatic nitrogens is 1. The Morgan fingerprint density at radius 3 is 2.67 bits per heavy atom. The lowest BCUT2D eigenvalue weighted by Gasteiger charge is -2.17. The number of aryl methyl sites for hydroxylation is 1. The summed E-state index contributed by atoms with van der Waals surface area (Å²) >= 11 is 1.52. The highest BCUT2D eigenvalue weighted by atomic mass is 32.1. The second-order valence-corrected chi connectivity index (χ2v) is 5.08. The van der Waals surface area contributed by atoms with Crippen molar-refractivity contribution in [2.24, 2.45) is 11.7 Å². The maximum absolute atomic E-state index is 9.92. The molecule has 4 heteroatoms. The molecule has 0 fully saturated rings. The van der Waals surface area contributed by atoms with Crippen LogP contribution in [0, 0.1) is 5.92 Å². The lowest BCUT2D eigenvalue weighted by molar-refractivity contribution is 0.149. The summed E-state index contributed by atoms with van der Waals surface area (Å²) in [6.45, 7) is 6.19. The Morgan fingerprint density at radius 2 is 2.20 bits per heavy atom. The van der Waals surface area contributed by atoms with Crippen molar-refractivity contribution in [2.75, 3.05) is 0 Å². The first-order valence-corrected chi connectivity index (χ1v) is 6.30. The van der Waals surface area contributed by atoms with Crippen LogP contribution in [0.4, 0.5) is 0 Å². The van der Waals surface area contributed by atoms with E-state index < -0.39 is 6.10 Å². The van der Waals surface area contributed by atoms with Crippen molar-refractivity contribution < 1.29 is 5.11 Å². The van der Waals surface area contributed by atoms with Crippen molar-refractivity contribution in [1.29, 1.82) is 0 Å². The third-order valence-corrected chi connectivity index (χ3v) is 3.56. The Kier molecular flexibility index (Phi) is 4.70. The van der Waals surface area contributed by atoms with Gasteiger partial charge < -0.3 is 10.8 Å². The van der Waals surface area contributed by atoms with Crippen molar-refractivity contribution >= 4 is 11.3 Å². The summed E-state index contributed by atoms with van der Waals surface area (Å²) in [6.07, 6.45) is 1.00. The van der Waals surface area contributed by atoms with Crippen LogP contribution in [0.3, 0.4) is 0 Å². The minimum atomic E-state index is -0.507. The van der Waals surface area contributed by atoms with E-state index >= 15 is 0 Å². The molecule has 0 saturated heterocycles. The Labute approximate surface area is 95.3 Å². The molecule has 0 aliphatic heterocycles. The molecule has 3 N–H and O–H groups in total. The van der Waals surface area contributed by atoms with Gasteiger partial charge in [-0.1, -0.05) is 20.8 Å². The van der Waals surface area contributed by atoms with E-state index in [2.05, 4.69) is 25.8 Å². The lowest BCUT2D eigenvalue weighted by Crippen LogP contribution is -2.28. The lowest BCUT2D eigenvalue weighted by atomic mass is 9.99. The minimum absolute atomic E-state index is 0.0361. The molecule has 3 nitrogen and oxygen atoms in total. The standard InChI is InChI=1S/C11H20N2OS/c1-4-8-6-15-11(13-8)10(14)5-9(12)7(2)3/h6-7,9-10,14H,4-5,12H2,1-3H3/t9-,10-/m1/s1. The summed E-state index contributed by atoms with van der Waals surface area (Å²) in [4.78, 5) is 4.35. The topological polar surface area (TPSA) is 59.1 Å². The van der Waals surface area contributed by atoms with Gasteiger partial charge in [0.2, 0.25) is 0 Å². The SMILES string of the molecule is CCc1csc([C@H](O)C[C@@H](N)C(C)C)n1. The van der Waals surface area contributed by atoms with Crippen LogP contribution in [-0.4, -0.2) is 16.1 Å². The van der Waals surface area contributed by atoms with Gasteiger partial charge in [-0.15, -0.1) is 11.3 Å². The van der Waals surface area contributed by atoms with Crippen LogP contribution in [0.1, 0.15) is 44.0 Å². The zero-order chi connectivity index (χ0) is 11.4. The van der Waals surface area contributed by atoms with Crippen molar-refractivity contribution in [1.82, 2.24) is 4.98 Å². The van der Waals surface area contributed by atoms with E-state index in [4.69, 9.17) is 5.73 Å². The van der Waals surface area contributed by atoms with Gasteiger partial charge in [-0.2, -0.15) is 0 Å². The van der Waals surface area contributed by atoms with E-state index in [0.29, 0.717) is 12.3 Å². The molecule has 0 amide bonds. The van der Waals surface area contributed by atoms with Crippen LogP contribution in [-0.2, 0) is 6.42 Å². The van der Waals surface area contributed by atoms with Crippen molar-refractivity contribution in [3.05, 3.63) is 16.1 Å². The average molecular weight is 228 g/mol. The van der Waals surface area contributed by atoms with Crippen LogP contribution in [0.15, 0.2) is 5.38 Å². The third-order valence-electron chi connectivity index (χ3n) is 2.57. The fourth-order valence-corrected chi connectivity index (χ4v) is 2.17. The largest absolute Gasteiger partial charge is 0.386 e. The minimum Gasteiger partial charge on any atom is -0.386 e. The molecule has 15 heavy (non-hydrogen) atoms. The molecular weight excluding hydrogens is 208 g/mol. The summed E-state index contributed by atoms with van der Waals surface area (Å²) in [6, 6.07) is 0.0361. The Morgan fingerprint density at radius 1 is 1.53 bits per heavy atom. The van der Waals surface area contributed by atoms with Crippen LogP contribution in [0.2, 0.25) is 0 Å². The first kappa shape index (κ1) is 12.6. The van der Waals surface area contributed by atoms with Gasteiger partial charge in [0, 0.05) is 11.4 Å². The van der Waals surface area contributed by atoms with E-state index in [1.54, 1.807) is 0 Å². The second-order valence-electron chi connectivity index (χ2n) is 4.19. The molecule has 1 rings (SSSR count). The Hall–Kier alpha value is -0.450. The second kappa shape index (κ2) is 5.58. The van der Waals surface area contributed by atoms with E-state index in [0.717, 1.165) is 17.1 Å². The molecule has 1 aromatic heterocycles. The Balaban J connectivity index is 2.56. The smallest absolute Gasteiger partial charge is 0.122 e. The summed E-state index contributed by atoms with van der Waals surface area (Å²) < 4.78 is 0. The molecule has 1 aromatic rings. The van der Waals surface area contributed by atoms with Gasteiger partial charge in [-0.3, -0.25) is 0 Å². The molecule has 0 spiro atoms. The zero-order valence-electron chi connectivity index (χ0n) is 9.60. The van der Waals surface area contributed by atoms with Crippen LogP contribution in [0.25, 0.3) is 0 Å². The molecule has 86 valence electrons. The molecule has 0 unspecified atom stereocenters. The highest BCUT2D eigenvalue weighted by Gasteiger charge is 2.17. The maximum Gasteiger partial charge on any atom is 0.122 e. The van der Waals surface area contributed by atoms with Crippen molar-refractivity contribution in [2.45, 2.75) is 45.8 Å². The van der Waals surface area contributed by atoms with Gasteiger partial charge in [0.15, 0.2) is 0 Å². The van der Waals surface area contributed by atoms with Gasteiger partial charge >= 0.3 is 0 Å². The number of aliphatic hydroxyl groups excluding tert-OH is 1. The first-order valence-electron chi connectivity index (χ1n) is 5.42. The number of nitrogens with two attached hydrogens (primary N) is 1. The summed E-state index contributed by atoms with van der Waals surface area (Å²) in [5, 5.41) is 12.7. The predicted octanol–water partition coefficient (Wildman–Crippen LogP) is 2.11. The predicted molar refractivity (Wildman–Crippen MR) is 63.9 cm³/mol. The fourth-order valence-electron chi connectivity index (χ4n) is 1.27. The zero-order valence-corrected chi connectivity index (χ0v) is 10.4. The number of thiazole rings is 1. The quantitative estimate of drug-likeness (QED) is 0.811. The van der Waals surface area contributed by atoms with E-state index in [9.17, 15) is 5.11 Å². The monoisotopic (exact) mass is 228 g/mol. The summed E-state index contributed by atoms with van der Waals surface area (Å²) in [5.74, 6) is 0.394. The molecule has 1 heterocycles. The molecule has 0 aliphatic carbocycles. The number of aliphatic hydroxyl groups is 1. The van der Waals surface area contributed by atoms with Crippen molar-refractivity contribution in [3.8, 4) is 0 Å². The van der Waals surface area contributed by atoms with Gasteiger partial charge in [0.25, 0.3) is 0 Å². The molecule has 0 radical (unpaired) electrons. The molecule has 2 atom stereocenters.